The molecular formula is C27H31N3O4S. The van der Waals surface area contributed by atoms with E-state index in [4.69, 9.17) is 4.74 Å². The van der Waals surface area contributed by atoms with Gasteiger partial charge in [0.05, 0.1) is 22.8 Å². The van der Waals surface area contributed by atoms with Gasteiger partial charge >= 0.3 is 0 Å². The van der Waals surface area contributed by atoms with Gasteiger partial charge < -0.3 is 10.1 Å². The van der Waals surface area contributed by atoms with Crippen molar-refractivity contribution in [2.45, 2.75) is 56.3 Å². The first-order valence-electron chi connectivity index (χ1n) is 12.2. The number of unbranched alkanes of at least 4 members (excludes halogenated alkanes) is 2. The van der Waals surface area contributed by atoms with Crippen molar-refractivity contribution < 1.29 is 14.3 Å². The molecule has 1 unspecified atom stereocenters. The molecule has 7 nitrogen and oxygen atoms in total. The number of amides is 1. The molecule has 4 rings (SSSR count). The lowest BCUT2D eigenvalue weighted by Gasteiger charge is -2.13. The summed E-state index contributed by atoms with van der Waals surface area (Å²) >= 11 is 1.29. The van der Waals surface area contributed by atoms with E-state index in [9.17, 15) is 14.4 Å². The van der Waals surface area contributed by atoms with E-state index >= 15 is 0 Å². The average molecular weight is 494 g/mol. The number of carbonyl (C=O) groups is 2. The minimum atomic E-state index is -0.0976. The van der Waals surface area contributed by atoms with E-state index in [-0.39, 0.29) is 29.1 Å². The first-order valence-corrected chi connectivity index (χ1v) is 13.2. The van der Waals surface area contributed by atoms with Crippen molar-refractivity contribution in [2.75, 3.05) is 18.9 Å². The van der Waals surface area contributed by atoms with Gasteiger partial charge in [-0.25, -0.2) is 4.98 Å². The van der Waals surface area contributed by atoms with Crippen LogP contribution in [-0.2, 0) is 16.1 Å². The number of thioether (sulfide) groups is 1. The second-order valence-corrected chi connectivity index (χ2v) is 9.64. The maximum Gasteiger partial charge on any atom is 0.262 e. The summed E-state index contributed by atoms with van der Waals surface area (Å²) in [6.45, 7) is 1.86. The van der Waals surface area contributed by atoms with Gasteiger partial charge in [-0.1, -0.05) is 60.6 Å². The number of rotatable bonds is 12. The molecule has 1 amide bonds. The lowest BCUT2D eigenvalue weighted by atomic mass is 10.1. The van der Waals surface area contributed by atoms with Crippen molar-refractivity contribution in [1.29, 1.82) is 0 Å². The van der Waals surface area contributed by atoms with Crippen LogP contribution < -0.4 is 10.9 Å². The number of ketones is 1. The number of ether oxygens (including phenoxy) is 1. The van der Waals surface area contributed by atoms with Gasteiger partial charge in [-0.05, 0) is 37.8 Å². The van der Waals surface area contributed by atoms with Crippen LogP contribution in [0.1, 0.15) is 48.9 Å². The monoisotopic (exact) mass is 493 g/mol. The van der Waals surface area contributed by atoms with Crippen molar-refractivity contribution in [2.24, 2.45) is 0 Å². The molecule has 2 heterocycles. The van der Waals surface area contributed by atoms with Gasteiger partial charge in [0.15, 0.2) is 10.9 Å². The zero-order valence-electron chi connectivity index (χ0n) is 19.8. The zero-order valence-corrected chi connectivity index (χ0v) is 20.6. The first-order chi connectivity index (χ1) is 17.1. The van der Waals surface area contributed by atoms with Crippen LogP contribution >= 0.6 is 11.8 Å². The maximum absolute atomic E-state index is 13.2. The van der Waals surface area contributed by atoms with Gasteiger partial charge in [-0.3, -0.25) is 19.0 Å². The van der Waals surface area contributed by atoms with Crippen molar-refractivity contribution in [3.8, 4) is 0 Å². The predicted octanol–water partition coefficient (Wildman–Crippen LogP) is 4.23. The minimum absolute atomic E-state index is 0.00132. The molecule has 0 radical (unpaired) electrons. The number of carbonyl (C=O) groups excluding carboxylic acids is 2. The predicted molar refractivity (Wildman–Crippen MR) is 138 cm³/mol. The highest BCUT2D eigenvalue weighted by atomic mass is 32.2. The Balaban J connectivity index is 1.34. The molecule has 2 aromatic carbocycles. The molecular weight excluding hydrogens is 462 g/mol. The number of aromatic nitrogens is 2. The van der Waals surface area contributed by atoms with Crippen LogP contribution in [0.5, 0.6) is 0 Å². The Kier molecular flexibility index (Phi) is 9.08. The number of hydrogen-bond donors (Lipinski definition) is 1. The fourth-order valence-corrected chi connectivity index (χ4v) is 5.07. The highest BCUT2D eigenvalue weighted by Crippen LogP contribution is 2.20. The van der Waals surface area contributed by atoms with Gasteiger partial charge in [0.2, 0.25) is 5.91 Å². The Morgan fingerprint density at radius 2 is 1.86 bits per heavy atom. The third-order valence-electron chi connectivity index (χ3n) is 6.09. The summed E-state index contributed by atoms with van der Waals surface area (Å²) in [5.41, 5.74) is 1.18. The summed E-state index contributed by atoms with van der Waals surface area (Å²) in [4.78, 5) is 42.6. The van der Waals surface area contributed by atoms with Gasteiger partial charge in [-0.2, -0.15) is 0 Å². The molecule has 1 aliphatic heterocycles. The van der Waals surface area contributed by atoms with Crippen LogP contribution in [0.4, 0.5) is 0 Å². The van der Waals surface area contributed by atoms with E-state index in [1.54, 1.807) is 22.8 Å². The van der Waals surface area contributed by atoms with Crippen molar-refractivity contribution >= 4 is 34.4 Å². The number of benzene rings is 2. The quantitative estimate of drug-likeness (QED) is 0.176. The van der Waals surface area contributed by atoms with Crippen LogP contribution in [0, 0.1) is 0 Å². The summed E-state index contributed by atoms with van der Waals surface area (Å²) in [5.74, 6) is 0.249. The molecule has 1 aromatic heterocycles. The number of nitrogens with one attached hydrogen (secondary N) is 1. The second-order valence-electron chi connectivity index (χ2n) is 8.70. The molecule has 0 saturated carbocycles. The summed E-state index contributed by atoms with van der Waals surface area (Å²) in [7, 11) is 0. The van der Waals surface area contributed by atoms with Crippen molar-refractivity contribution in [3.63, 3.8) is 0 Å². The standard InChI is InChI=1S/C27H31N3O4S/c31-24(20-10-3-1-4-11-20)19-35-27-29-23-14-7-6-13-22(23)26(33)30(27)16-8-2-5-15-25(32)28-18-21-12-9-17-34-21/h1,3-4,6-7,10-11,13-14,21H,2,5,8-9,12,15-19H2,(H,28,32). The zero-order chi connectivity index (χ0) is 24.5. The van der Waals surface area contributed by atoms with E-state index in [0.29, 0.717) is 41.1 Å². The summed E-state index contributed by atoms with van der Waals surface area (Å²) < 4.78 is 7.20. The number of Topliss-reactive ketones (excluding diaryl/α,β-unsaturated/α-hetero) is 1. The fraction of sp³-hybridized carbons (Fsp3) is 0.407. The SMILES string of the molecule is O=C(CCCCCn1c(SCC(=O)c2ccccc2)nc2ccccc2c1=O)NCC1CCCO1. The van der Waals surface area contributed by atoms with Gasteiger partial charge in [-0.15, -0.1) is 0 Å². The molecule has 0 spiro atoms. The second kappa shape index (κ2) is 12.7. The first kappa shape index (κ1) is 25.1. The van der Waals surface area contributed by atoms with E-state index in [0.717, 1.165) is 38.7 Å². The molecule has 1 aliphatic rings. The summed E-state index contributed by atoms with van der Waals surface area (Å²) in [6, 6.07) is 16.4. The number of hydrogen-bond acceptors (Lipinski definition) is 6. The molecule has 1 fully saturated rings. The molecule has 0 aliphatic carbocycles. The van der Waals surface area contributed by atoms with Gasteiger partial charge in [0, 0.05) is 31.7 Å². The molecule has 0 bridgehead atoms. The molecule has 1 N–H and O–H groups in total. The highest BCUT2D eigenvalue weighted by Gasteiger charge is 2.16. The molecule has 8 heteroatoms. The van der Waals surface area contributed by atoms with E-state index in [1.807, 2.05) is 36.4 Å². The highest BCUT2D eigenvalue weighted by molar-refractivity contribution is 7.99. The van der Waals surface area contributed by atoms with Crippen LogP contribution in [0.2, 0.25) is 0 Å². The topological polar surface area (TPSA) is 90.3 Å². The van der Waals surface area contributed by atoms with Crippen LogP contribution in [0.25, 0.3) is 10.9 Å². The lowest BCUT2D eigenvalue weighted by Crippen LogP contribution is -2.31. The lowest BCUT2D eigenvalue weighted by molar-refractivity contribution is -0.121. The third-order valence-corrected chi connectivity index (χ3v) is 7.07. The van der Waals surface area contributed by atoms with Crippen LogP contribution in [0.15, 0.2) is 64.5 Å². The molecule has 1 saturated heterocycles. The smallest absolute Gasteiger partial charge is 0.262 e. The largest absolute Gasteiger partial charge is 0.376 e. The van der Waals surface area contributed by atoms with E-state index in [1.165, 1.54) is 11.8 Å². The number of para-hydroxylation sites is 1. The Morgan fingerprint density at radius 1 is 1.06 bits per heavy atom. The van der Waals surface area contributed by atoms with E-state index < -0.39 is 0 Å². The Hall–Kier alpha value is -2.97. The molecule has 184 valence electrons. The van der Waals surface area contributed by atoms with Crippen molar-refractivity contribution in [3.05, 3.63) is 70.5 Å². The Bertz CT molecular complexity index is 1210. The fourth-order valence-electron chi connectivity index (χ4n) is 4.15. The summed E-state index contributed by atoms with van der Waals surface area (Å²) in [5, 5.41) is 4.07. The number of fused-ring (bicyclic) bond motifs is 1. The van der Waals surface area contributed by atoms with Crippen LogP contribution in [0.3, 0.4) is 0 Å². The van der Waals surface area contributed by atoms with Crippen LogP contribution in [-0.4, -0.2) is 46.2 Å². The van der Waals surface area contributed by atoms with Gasteiger partial charge in [0.25, 0.3) is 5.56 Å². The third kappa shape index (κ3) is 7.02. The van der Waals surface area contributed by atoms with E-state index in [2.05, 4.69) is 10.3 Å². The Labute approximate surface area is 209 Å². The minimum Gasteiger partial charge on any atom is -0.376 e. The average Bonchev–Trinajstić information content (AvgIpc) is 3.41. The number of nitrogens with zero attached hydrogens (tertiary/aromatic N) is 2. The normalized spacial score (nSPS) is 15.4. The summed E-state index contributed by atoms with van der Waals surface area (Å²) in [6.07, 6.45) is 5.00. The molecule has 1 atom stereocenters. The molecule has 3 aromatic rings. The Morgan fingerprint density at radius 3 is 2.66 bits per heavy atom. The van der Waals surface area contributed by atoms with Gasteiger partial charge in [0.1, 0.15) is 0 Å². The molecule has 35 heavy (non-hydrogen) atoms. The maximum atomic E-state index is 13.2. The van der Waals surface area contributed by atoms with Crippen molar-refractivity contribution in [1.82, 2.24) is 14.9 Å².